The number of aliphatic carboxylic acids is 1. The zero-order chi connectivity index (χ0) is 15.9. The summed E-state index contributed by atoms with van der Waals surface area (Å²) in [5.74, 6) is -0.457. The first-order chi connectivity index (χ1) is 10.6. The van der Waals surface area contributed by atoms with Crippen molar-refractivity contribution in [2.75, 3.05) is 6.61 Å². The first kappa shape index (κ1) is 15.5. The molecule has 2 rings (SSSR count). The van der Waals surface area contributed by atoms with Crippen LogP contribution in [-0.2, 0) is 4.79 Å². The summed E-state index contributed by atoms with van der Waals surface area (Å²) in [6.45, 7) is 2.59. The summed E-state index contributed by atoms with van der Waals surface area (Å²) in [6, 6.07) is 8.88. The van der Waals surface area contributed by atoms with Gasteiger partial charge >= 0.3 is 5.97 Å². The number of rotatable bonds is 6. The molecule has 0 aliphatic heterocycles. The number of para-hydroxylation sites is 1. The van der Waals surface area contributed by atoms with Crippen LogP contribution in [0.4, 0.5) is 0 Å². The van der Waals surface area contributed by atoms with Crippen molar-refractivity contribution in [3.63, 3.8) is 0 Å². The van der Waals surface area contributed by atoms with E-state index >= 15 is 0 Å². The smallest absolute Gasteiger partial charge is 0.328 e. The molecule has 1 aromatic carbocycles. The highest BCUT2D eigenvalue weighted by molar-refractivity contribution is 5.85. The standard InChI is InChI=1S/C16H16N2O4/c1-2-9-22-14-6-4-3-5-12(14)13-10-11(7-8-15(19)20)16(21)18-17-13/h3-8,10H,2,9H2,1H3,(H,18,21)(H,19,20)/b8-7+. The number of nitrogens with one attached hydrogen (secondary N) is 1. The van der Waals surface area contributed by atoms with Crippen molar-refractivity contribution in [3.05, 3.63) is 52.3 Å². The zero-order valence-electron chi connectivity index (χ0n) is 12.1. The van der Waals surface area contributed by atoms with Gasteiger partial charge in [-0.3, -0.25) is 4.79 Å². The van der Waals surface area contributed by atoms with Crippen LogP contribution in [-0.4, -0.2) is 27.9 Å². The molecule has 0 fully saturated rings. The molecule has 1 heterocycles. The third kappa shape index (κ3) is 3.82. The summed E-state index contributed by atoms with van der Waals surface area (Å²) in [5, 5.41) is 15.0. The van der Waals surface area contributed by atoms with Gasteiger partial charge in [0.1, 0.15) is 5.75 Å². The molecule has 0 saturated carbocycles. The highest BCUT2D eigenvalue weighted by Gasteiger charge is 2.09. The normalized spacial score (nSPS) is 10.8. The van der Waals surface area contributed by atoms with E-state index in [9.17, 15) is 9.59 Å². The molecule has 0 aliphatic carbocycles. The largest absolute Gasteiger partial charge is 0.493 e. The van der Waals surface area contributed by atoms with E-state index in [1.807, 2.05) is 31.2 Å². The van der Waals surface area contributed by atoms with Gasteiger partial charge in [-0.1, -0.05) is 19.1 Å². The van der Waals surface area contributed by atoms with Crippen LogP contribution >= 0.6 is 0 Å². The number of nitrogens with zero attached hydrogens (tertiary/aromatic N) is 1. The molecule has 6 heteroatoms. The highest BCUT2D eigenvalue weighted by Crippen LogP contribution is 2.28. The molecule has 2 N–H and O–H groups in total. The Hall–Kier alpha value is -2.89. The topological polar surface area (TPSA) is 92.3 Å². The zero-order valence-corrected chi connectivity index (χ0v) is 12.1. The van der Waals surface area contributed by atoms with Gasteiger partial charge < -0.3 is 9.84 Å². The maximum absolute atomic E-state index is 11.7. The number of aromatic nitrogens is 2. The molecule has 114 valence electrons. The van der Waals surface area contributed by atoms with Crippen LogP contribution in [0.25, 0.3) is 17.3 Å². The minimum Gasteiger partial charge on any atom is -0.493 e. The Bertz CT molecular complexity index is 750. The maximum Gasteiger partial charge on any atom is 0.328 e. The average Bonchev–Trinajstić information content (AvgIpc) is 2.52. The molecule has 0 aliphatic rings. The van der Waals surface area contributed by atoms with Gasteiger partial charge in [0.15, 0.2) is 0 Å². The van der Waals surface area contributed by atoms with Crippen molar-refractivity contribution in [1.29, 1.82) is 0 Å². The fourth-order valence-corrected chi connectivity index (χ4v) is 1.86. The van der Waals surface area contributed by atoms with Crippen LogP contribution in [0, 0.1) is 0 Å². The second-order valence-electron chi connectivity index (χ2n) is 4.55. The van der Waals surface area contributed by atoms with Crippen molar-refractivity contribution in [2.24, 2.45) is 0 Å². The van der Waals surface area contributed by atoms with Crippen molar-refractivity contribution < 1.29 is 14.6 Å². The van der Waals surface area contributed by atoms with E-state index in [0.29, 0.717) is 18.1 Å². The van der Waals surface area contributed by atoms with Gasteiger partial charge in [0.05, 0.1) is 12.3 Å². The predicted molar refractivity (Wildman–Crippen MR) is 82.7 cm³/mol. The third-order valence-electron chi connectivity index (χ3n) is 2.86. The number of carboxylic acids is 1. The number of carbonyl (C=O) groups is 1. The van der Waals surface area contributed by atoms with Gasteiger partial charge in [0.25, 0.3) is 5.56 Å². The van der Waals surface area contributed by atoms with Crippen LogP contribution in [0.15, 0.2) is 41.2 Å². The lowest BCUT2D eigenvalue weighted by atomic mass is 10.1. The van der Waals surface area contributed by atoms with Crippen molar-refractivity contribution >= 4 is 12.0 Å². The molecule has 0 bridgehead atoms. The molecule has 1 aromatic heterocycles. The molecule has 0 radical (unpaired) electrons. The Labute approximate surface area is 127 Å². The minimum absolute atomic E-state index is 0.220. The summed E-state index contributed by atoms with van der Waals surface area (Å²) in [4.78, 5) is 22.3. The van der Waals surface area contributed by atoms with Crippen LogP contribution in [0.5, 0.6) is 5.75 Å². The van der Waals surface area contributed by atoms with E-state index < -0.39 is 11.5 Å². The molecule has 0 spiro atoms. The Morgan fingerprint density at radius 1 is 1.41 bits per heavy atom. The van der Waals surface area contributed by atoms with Gasteiger partial charge in [0, 0.05) is 17.2 Å². The van der Waals surface area contributed by atoms with Gasteiger partial charge in [-0.2, -0.15) is 5.10 Å². The molecule has 0 atom stereocenters. The van der Waals surface area contributed by atoms with Crippen LogP contribution in [0.1, 0.15) is 18.9 Å². The molecule has 2 aromatic rings. The number of hydrogen-bond acceptors (Lipinski definition) is 4. The summed E-state index contributed by atoms with van der Waals surface area (Å²) < 4.78 is 5.66. The predicted octanol–water partition coefficient (Wildman–Crippen LogP) is 2.32. The monoisotopic (exact) mass is 300 g/mol. The number of ether oxygens (including phenoxy) is 1. The van der Waals surface area contributed by atoms with E-state index in [0.717, 1.165) is 18.1 Å². The average molecular weight is 300 g/mol. The SMILES string of the molecule is CCCOc1ccccc1-c1cc(/C=C/C(=O)O)c(=O)[nH]n1. The second-order valence-corrected chi connectivity index (χ2v) is 4.55. The van der Waals surface area contributed by atoms with Crippen LogP contribution in [0.3, 0.4) is 0 Å². The molecule has 22 heavy (non-hydrogen) atoms. The molecule has 6 nitrogen and oxygen atoms in total. The van der Waals surface area contributed by atoms with Gasteiger partial charge in [0.2, 0.25) is 0 Å². The summed E-state index contributed by atoms with van der Waals surface area (Å²) in [6.07, 6.45) is 3.02. The van der Waals surface area contributed by atoms with Crippen molar-refractivity contribution in [2.45, 2.75) is 13.3 Å². The van der Waals surface area contributed by atoms with Crippen molar-refractivity contribution in [3.8, 4) is 17.0 Å². The lowest BCUT2D eigenvalue weighted by molar-refractivity contribution is -0.131. The highest BCUT2D eigenvalue weighted by atomic mass is 16.5. The lowest BCUT2D eigenvalue weighted by Crippen LogP contribution is -2.12. The number of aromatic amines is 1. The van der Waals surface area contributed by atoms with E-state index in [-0.39, 0.29) is 5.56 Å². The summed E-state index contributed by atoms with van der Waals surface area (Å²) in [5.41, 5.74) is 1.01. The molecular weight excluding hydrogens is 284 g/mol. The van der Waals surface area contributed by atoms with Gasteiger partial charge in [-0.25, -0.2) is 9.89 Å². The Balaban J connectivity index is 2.43. The van der Waals surface area contributed by atoms with Gasteiger partial charge in [-0.15, -0.1) is 0 Å². The fourth-order valence-electron chi connectivity index (χ4n) is 1.86. The Kier molecular flexibility index (Phi) is 5.08. The van der Waals surface area contributed by atoms with E-state index in [1.165, 1.54) is 12.1 Å². The van der Waals surface area contributed by atoms with Gasteiger partial charge in [-0.05, 0) is 30.7 Å². The second kappa shape index (κ2) is 7.21. The Morgan fingerprint density at radius 3 is 2.91 bits per heavy atom. The Morgan fingerprint density at radius 2 is 2.18 bits per heavy atom. The molecular formula is C16H16N2O4. The quantitative estimate of drug-likeness (QED) is 0.799. The van der Waals surface area contributed by atoms with Crippen LogP contribution < -0.4 is 10.3 Å². The number of hydrogen-bond donors (Lipinski definition) is 2. The first-order valence-electron chi connectivity index (χ1n) is 6.84. The molecule has 0 saturated heterocycles. The summed E-state index contributed by atoms with van der Waals surface area (Å²) in [7, 11) is 0. The minimum atomic E-state index is -1.12. The maximum atomic E-state index is 11.7. The first-order valence-corrected chi connectivity index (χ1v) is 6.84. The number of carboxylic acid groups (broad SMARTS) is 1. The van der Waals surface area contributed by atoms with Crippen molar-refractivity contribution in [1.82, 2.24) is 10.2 Å². The number of H-pyrrole nitrogens is 1. The number of benzene rings is 1. The van der Waals surface area contributed by atoms with E-state index in [2.05, 4.69) is 10.2 Å². The molecule has 0 amide bonds. The third-order valence-corrected chi connectivity index (χ3v) is 2.86. The fraction of sp³-hybridized carbons (Fsp3) is 0.188. The van der Waals surface area contributed by atoms with E-state index in [1.54, 1.807) is 0 Å². The van der Waals surface area contributed by atoms with E-state index in [4.69, 9.17) is 9.84 Å². The van der Waals surface area contributed by atoms with Crippen LogP contribution in [0.2, 0.25) is 0 Å². The summed E-state index contributed by atoms with van der Waals surface area (Å²) >= 11 is 0. The lowest BCUT2D eigenvalue weighted by Gasteiger charge is -2.10. The molecule has 0 unspecified atom stereocenters.